The maximum atomic E-state index is 13.9. The normalized spacial score (nSPS) is 12.3. The Hall–Kier alpha value is -2.73. The van der Waals surface area contributed by atoms with Crippen LogP contribution in [0.15, 0.2) is 30.5 Å². The summed E-state index contributed by atoms with van der Waals surface area (Å²) in [5.74, 6) is -0.593. The maximum absolute atomic E-state index is 13.9. The Morgan fingerprint density at radius 2 is 1.63 bits per heavy atom. The summed E-state index contributed by atoms with van der Waals surface area (Å²) >= 11 is 12.3. The summed E-state index contributed by atoms with van der Waals surface area (Å²) < 4.78 is 33.2. The van der Waals surface area contributed by atoms with Crippen molar-refractivity contribution >= 4 is 70.5 Å². The van der Waals surface area contributed by atoms with Crippen molar-refractivity contribution in [2.24, 2.45) is 0 Å². The summed E-state index contributed by atoms with van der Waals surface area (Å²) in [6, 6.07) is 6.41. The molecule has 1 N–H and O–H groups in total. The van der Waals surface area contributed by atoms with Gasteiger partial charge < -0.3 is 9.74 Å². The van der Waals surface area contributed by atoms with Crippen molar-refractivity contribution < 1.29 is 22.4 Å². The topological polar surface area (TPSA) is 119 Å². The van der Waals surface area contributed by atoms with E-state index in [9.17, 15) is 18.0 Å². The molecule has 0 spiro atoms. The van der Waals surface area contributed by atoms with Crippen LogP contribution < -0.4 is 14.0 Å². The van der Waals surface area contributed by atoms with E-state index in [0.717, 1.165) is 10.6 Å². The third-order valence-electron chi connectivity index (χ3n) is 7.35. The molecule has 0 unspecified atom stereocenters. The predicted octanol–water partition coefficient (Wildman–Crippen LogP) is 6.63. The fourth-order valence-electron chi connectivity index (χ4n) is 5.45. The van der Waals surface area contributed by atoms with E-state index in [1.807, 2.05) is 0 Å². The zero-order chi connectivity index (χ0) is 30.9. The van der Waals surface area contributed by atoms with E-state index in [1.165, 1.54) is 19.3 Å². The highest BCUT2D eigenvalue weighted by molar-refractivity contribution is 7.92. The number of fused-ring (bicyclic) bond motifs is 1. The number of halogens is 2. The van der Waals surface area contributed by atoms with Crippen LogP contribution in [0.25, 0.3) is 10.9 Å². The summed E-state index contributed by atoms with van der Waals surface area (Å²) in [7, 11) is -5.21. The lowest BCUT2D eigenvalue weighted by Gasteiger charge is -2.42. The zero-order valence-corrected chi connectivity index (χ0v) is 27.8. The second-order valence-electron chi connectivity index (χ2n) is 11.0. The van der Waals surface area contributed by atoms with Gasteiger partial charge in [0.2, 0.25) is 10.0 Å². The van der Waals surface area contributed by atoms with Crippen LogP contribution in [0.5, 0.6) is 5.75 Å². The van der Waals surface area contributed by atoms with Gasteiger partial charge in [-0.05, 0) is 46.5 Å². The monoisotopic (exact) mass is 638 g/mol. The number of pyridine rings is 2. The fraction of sp³-hybridized carbons (Fsp3) is 0.429. The van der Waals surface area contributed by atoms with Crippen LogP contribution in [0.1, 0.15) is 68.0 Å². The molecule has 0 bridgehead atoms. The smallest absolute Gasteiger partial charge is 0.274 e. The van der Waals surface area contributed by atoms with Gasteiger partial charge in [-0.2, -0.15) is 0 Å². The second kappa shape index (κ2) is 12.6. The Balaban J connectivity index is 2.37. The number of amides is 1. The van der Waals surface area contributed by atoms with Gasteiger partial charge in [0.15, 0.2) is 23.5 Å². The summed E-state index contributed by atoms with van der Waals surface area (Å²) in [5, 5.41) is 3.85. The second-order valence-corrected chi connectivity index (χ2v) is 19.2. The largest absolute Gasteiger partial charge is 0.540 e. The van der Waals surface area contributed by atoms with Crippen LogP contribution in [0.3, 0.4) is 0 Å². The predicted molar refractivity (Wildman–Crippen MR) is 167 cm³/mol. The molecule has 0 aliphatic rings. The third-order valence-corrected chi connectivity index (χ3v) is 14.9. The molecular weight excluding hydrogens is 603 g/mol. The highest BCUT2D eigenvalue weighted by Crippen LogP contribution is 2.46. The van der Waals surface area contributed by atoms with Crippen molar-refractivity contribution in [1.82, 2.24) is 15.3 Å². The van der Waals surface area contributed by atoms with E-state index in [1.54, 1.807) is 18.2 Å². The number of carbonyl (C=O) groups excluding carboxylic acids is 2. The number of aldehydes is 1. The molecule has 41 heavy (non-hydrogen) atoms. The number of anilines is 1. The number of nitrogens with one attached hydrogen (secondary N) is 1. The van der Waals surface area contributed by atoms with Crippen molar-refractivity contribution in [3.63, 3.8) is 0 Å². The molecule has 0 saturated carbocycles. The van der Waals surface area contributed by atoms with Gasteiger partial charge in [0.1, 0.15) is 5.52 Å². The van der Waals surface area contributed by atoms with Gasteiger partial charge in [-0.15, -0.1) is 0 Å². The molecule has 9 nitrogen and oxygen atoms in total. The molecular formula is C28H36Cl2N4O5SSi. The zero-order valence-electron chi connectivity index (χ0n) is 24.5. The number of hydrogen-bond donors (Lipinski definition) is 1. The van der Waals surface area contributed by atoms with E-state index < -0.39 is 24.2 Å². The van der Waals surface area contributed by atoms with E-state index >= 15 is 0 Å². The van der Waals surface area contributed by atoms with Gasteiger partial charge in [0, 0.05) is 35.4 Å². The summed E-state index contributed by atoms with van der Waals surface area (Å²) in [5.41, 5.74) is 1.28. The van der Waals surface area contributed by atoms with E-state index in [2.05, 4.69) is 56.8 Å². The molecule has 0 radical (unpaired) electrons. The van der Waals surface area contributed by atoms with Crippen molar-refractivity contribution in [2.45, 2.75) is 64.7 Å². The molecule has 222 valence electrons. The molecule has 0 saturated heterocycles. The van der Waals surface area contributed by atoms with Gasteiger partial charge in [0.05, 0.1) is 11.6 Å². The van der Waals surface area contributed by atoms with Crippen LogP contribution in [-0.4, -0.2) is 52.2 Å². The average Bonchev–Trinajstić information content (AvgIpc) is 2.87. The first-order chi connectivity index (χ1) is 19.0. The van der Waals surface area contributed by atoms with Crippen molar-refractivity contribution in [3.05, 3.63) is 57.3 Å². The number of hydrogen-bond acceptors (Lipinski definition) is 7. The Bertz CT molecular complexity index is 1540. The van der Waals surface area contributed by atoms with Crippen LogP contribution in [0.2, 0.25) is 26.7 Å². The third kappa shape index (κ3) is 6.69. The number of rotatable bonds is 11. The van der Waals surface area contributed by atoms with Gasteiger partial charge in [-0.3, -0.25) is 18.9 Å². The highest BCUT2D eigenvalue weighted by Gasteiger charge is 2.48. The minimum atomic E-state index is -3.83. The summed E-state index contributed by atoms with van der Waals surface area (Å²) in [6.07, 6.45) is 3.05. The van der Waals surface area contributed by atoms with E-state index in [-0.39, 0.29) is 56.9 Å². The first-order valence-corrected chi connectivity index (χ1v) is 17.9. The lowest BCUT2D eigenvalue weighted by molar-refractivity contribution is 0.0943. The number of carbonyl (C=O) groups is 2. The van der Waals surface area contributed by atoms with Crippen LogP contribution in [-0.2, 0) is 16.6 Å². The Morgan fingerprint density at radius 3 is 2.12 bits per heavy atom. The molecule has 0 atom stereocenters. The van der Waals surface area contributed by atoms with Gasteiger partial charge in [-0.1, -0.05) is 64.7 Å². The molecule has 0 aliphatic carbocycles. The maximum Gasteiger partial charge on any atom is 0.274 e. The number of aromatic nitrogens is 2. The highest BCUT2D eigenvalue weighted by atomic mass is 35.5. The summed E-state index contributed by atoms with van der Waals surface area (Å²) in [6.45, 7) is 12.7. The van der Waals surface area contributed by atoms with Crippen molar-refractivity contribution in [2.75, 3.05) is 17.6 Å². The Morgan fingerprint density at radius 1 is 1.07 bits per heavy atom. The van der Waals surface area contributed by atoms with Crippen LogP contribution >= 0.6 is 23.2 Å². The molecule has 2 heterocycles. The molecule has 3 aromatic rings. The van der Waals surface area contributed by atoms with Crippen molar-refractivity contribution in [1.29, 1.82) is 0 Å². The number of benzene rings is 1. The van der Waals surface area contributed by atoms with E-state index in [0.29, 0.717) is 21.9 Å². The first-order valence-electron chi connectivity index (χ1n) is 13.2. The van der Waals surface area contributed by atoms with Crippen molar-refractivity contribution in [3.8, 4) is 5.75 Å². The molecule has 0 fully saturated rings. The summed E-state index contributed by atoms with van der Waals surface area (Å²) in [4.78, 5) is 35.1. The number of nitrogens with zero attached hydrogens (tertiary/aromatic N) is 3. The quantitative estimate of drug-likeness (QED) is 0.185. The van der Waals surface area contributed by atoms with Gasteiger partial charge >= 0.3 is 0 Å². The molecule has 1 amide bonds. The lowest BCUT2D eigenvalue weighted by Crippen LogP contribution is -2.51. The van der Waals surface area contributed by atoms with Gasteiger partial charge in [-0.25, -0.2) is 13.4 Å². The molecule has 0 aliphatic heterocycles. The standard InChI is InChI=1S/C28H36Cl2N4O5SSi/c1-16(2)41(17(3)4,18(5)6)39-26-24-23(20(15-35)9-10-31-24)27(34(7)40(8,37)38)33-25(26)28(36)32-14-19-11-21(29)13-22(30)12-19/h9-13,15-18H,14H2,1-8H3,(H,32,36). The molecule has 13 heteroatoms. The first kappa shape index (κ1) is 32.8. The SMILES string of the molecule is CC(C)[Si](Oc1c(C(=O)NCc2cc(Cl)cc(Cl)c2)nc(N(C)S(C)(=O)=O)c2c(C=O)ccnc12)(C(C)C)C(C)C. The lowest BCUT2D eigenvalue weighted by atomic mass is 10.1. The minimum Gasteiger partial charge on any atom is -0.540 e. The molecule has 1 aromatic carbocycles. The van der Waals surface area contributed by atoms with E-state index in [4.69, 9.17) is 27.6 Å². The Kier molecular flexibility index (Phi) is 10.1. The van der Waals surface area contributed by atoms with Crippen LogP contribution in [0, 0.1) is 0 Å². The molecule has 3 rings (SSSR count). The minimum absolute atomic E-state index is 0.0679. The fourth-order valence-corrected chi connectivity index (χ4v) is 11.7. The van der Waals surface area contributed by atoms with Gasteiger partial charge in [0.25, 0.3) is 14.2 Å². The average molecular weight is 640 g/mol. The number of sulfonamides is 1. The Labute approximate surface area is 252 Å². The van der Waals surface area contributed by atoms with Crippen LogP contribution in [0.4, 0.5) is 5.82 Å². The molecule has 2 aromatic heterocycles.